The van der Waals surface area contributed by atoms with E-state index in [1.54, 1.807) is 19.5 Å². The van der Waals surface area contributed by atoms with Gasteiger partial charge in [0, 0.05) is 18.2 Å². The molecular formula is C12H11ClN2O2. The number of nitrogens with one attached hydrogen (secondary N) is 1. The molecule has 0 saturated carbocycles. The van der Waals surface area contributed by atoms with Crippen molar-refractivity contribution >= 4 is 17.7 Å². The highest BCUT2D eigenvalue weighted by Gasteiger charge is 2.25. The molecule has 0 amide bonds. The zero-order valence-corrected chi connectivity index (χ0v) is 9.99. The van der Waals surface area contributed by atoms with E-state index in [1.807, 2.05) is 6.08 Å². The number of allylic oxidation sites excluding steroid dienone is 1. The molecular weight excluding hydrogens is 240 g/mol. The summed E-state index contributed by atoms with van der Waals surface area (Å²) in [5, 5.41) is 3.74. The second-order valence-electron chi connectivity index (χ2n) is 3.83. The summed E-state index contributed by atoms with van der Waals surface area (Å²) in [5.41, 5.74) is 2.82. The van der Waals surface area contributed by atoms with Crippen molar-refractivity contribution in [2.45, 2.75) is 12.6 Å². The minimum atomic E-state index is -0.329. The van der Waals surface area contributed by atoms with E-state index >= 15 is 0 Å². The Hall–Kier alpha value is -1.68. The predicted octanol–water partition coefficient (Wildman–Crippen LogP) is 2.37. The average molecular weight is 251 g/mol. The predicted molar refractivity (Wildman–Crippen MR) is 64.0 cm³/mol. The van der Waals surface area contributed by atoms with Crippen LogP contribution in [0.2, 0.25) is 5.02 Å². The monoisotopic (exact) mass is 250 g/mol. The molecule has 1 aromatic heterocycles. The Kier molecular flexibility index (Phi) is 2.44. The molecule has 2 heterocycles. The van der Waals surface area contributed by atoms with Crippen LogP contribution in [0.25, 0.3) is 6.08 Å². The van der Waals surface area contributed by atoms with Gasteiger partial charge in [0.15, 0.2) is 0 Å². The van der Waals surface area contributed by atoms with E-state index in [4.69, 9.17) is 21.1 Å². The lowest BCUT2D eigenvalue weighted by atomic mass is 10.1. The van der Waals surface area contributed by atoms with Gasteiger partial charge < -0.3 is 14.8 Å². The zero-order chi connectivity index (χ0) is 11.8. The molecule has 88 valence electrons. The SMILES string of the molecule is COC1=CNC(c2cnc3c(c2Cl)C=CC3)O1. The Balaban J connectivity index is 1.93. The van der Waals surface area contributed by atoms with Crippen LogP contribution in [0, 0.1) is 0 Å². The van der Waals surface area contributed by atoms with Crippen LogP contribution in [0.5, 0.6) is 0 Å². The zero-order valence-electron chi connectivity index (χ0n) is 9.24. The molecule has 5 heteroatoms. The van der Waals surface area contributed by atoms with Crippen molar-refractivity contribution in [1.29, 1.82) is 0 Å². The van der Waals surface area contributed by atoms with Crippen LogP contribution in [-0.2, 0) is 15.9 Å². The van der Waals surface area contributed by atoms with Crippen LogP contribution in [0.4, 0.5) is 0 Å². The summed E-state index contributed by atoms with van der Waals surface area (Å²) in [5.74, 6) is 0.446. The summed E-state index contributed by atoms with van der Waals surface area (Å²) in [7, 11) is 1.56. The number of aromatic nitrogens is 1. The van der Waals surface area contributed by atoms with Gasteiger partial charge in [0.05, 0.1) is 29.6 Å². The number of hydrogen-bond acceptors (Lipinski definition) is 4. The highest BCUT2D eigenvalue weighted by molar-refractivity contribution is 6.33. The van der Waals surface area contributed by atoms with Gasteiger partial charge in [-0.2, -0.15) is 0 Å². The number of pyridine rings is 1. The lowest BCUT2D eigenvalue weighted by Crippen LogP contribution is -2.13. The molecule has 0 saturated heterocycles. The minimum absolute atomic E-state index is 0.329. The van der Waals surface area contributed by atoms with Gasteiger partial charge in [0.2, 0.25) is 6.23 Å². The molecule has 1 N–H and O–H groups in total. The van der Waals surface area contributed by atoms with Gasteiger partial charge in [-0.1, -0.05) is 23.8 Å². The normalized spacial score (nSPS) is 20.6. The largest absolute Gasteiger partial charge is 0.468 e. The number of nitrogens with zero attached hydrogens (tertiary/aromatic N) is 1. The second kappa shape index (κ2) is 3.96. The molecule has 1 aliphatic carbocycles. The maximum Gasteiger partial charge on any atom is 0.297 e. The van der Waals surface area contributed by atoms with Gasteiger partial charge in [0.1, 0.15) is 0 Å². The first-order valence-corrected chi connectivity index (χ1v) is 5.68. The minimum Gasteiger partial charge on any atom is -0.468 e. The van der Waals surface area contributed by atoms with Crippen molar-refractivity contribution < 1.29 is 9.47 Å². The smallest absolute Gasteiger partial charge is 0.297 e. The van der Waals surface area contributed by atoms with Crippen molar-refractivity contribution in [3.63, 3.8) is 0 Å². The summed E-state index contributed by atoms with van der Waals surface area (Å²) in [6.07, 6.45) is 7.98. The van der Waals surface area contributed by atoms with Crippen LogP contribution >= 0.6 is 11.6 Å². The lowest BCUT2D eigenvalue weighted by molar-refractivity contribution is 0.0266. The number of fused-ring (bicyclic) bond motifs is 1. The van der Waals surface area contributed by atoms with E-state index in [-0.39, 0.29) is 6.23 Å². The first-order chi connectivity index (χ1) is 8.29. The highest BCUT2D eigenvalue weighted by Crippen LogP contribution is 2.34. The van der Waals surface area contributed by atoms with Crippen molar-refractivity contribution in [3.8, 4) is 0 Å². The molecule has 4 nitrogen and oxygen atoms in total. The summed E-state index contributed by atoms with van der Waals surface area (Å²) in [6, 6.07) is 0. The van der Waals surface area contributed by atoms with E-state index in [2.05, 4.69) is 16.4 Å². The lowest BCUT2D eigenvalue weighted by Gasteiger charge is -2.15. The summed E-state index contributed by atoms with van der Waals surface area (Å²) < 4.78 is 10.5. The molecule has 1 atom stereocenters. The fourth-order valence-corrected chi connectivity index (χ4v) is 2.27. The van der Waals surface area contributed by atoms with Crippen LogP contribution in [0.3, 0.4) is 0 Å². The highest BCUT2D eigenvalue weighted by atomic mass is 35.5. The molecule has 3 rings (SSSR count). The van der Waals surface area contributed by atoms with Gasteiger partial charge in [-0.05, 0) is 0 Å². The number of methoxy groups -OCH3 is 1. The van der Waals surface area contributed by atoms with Crippen LogP contribution in [0.15, 0.2) is 24.4 Å². The maximum atomic E-state index is 6.35. The third kappa shape index (κ3) is 1.65. The van der Waals surface area contributed by atoms with Gasteiger partial charge >= 0.3 is 0 Å². The third-order valence-corrected chi connectivity index (χ3v) is 3.25. The van der Waals surface area contributed by atoms with Crippen molar-refractivity contribution in [2.24, 2.45) is 0 Å². The molecule has 0 fully saturated rings. The van der Waals surface area contributed by atoms with Crippen molar-refractivity contribution in [1.82, 2.24) is 10.3 Å². The van der Waals surface area contributed by atoms with Crippen molar-refractivity contribution in [2.75, 3.05) is 7.11 Å². The maximum absolute atomic E-state index is 6.35. The standard InChI is InChI=1S/C12H11ClN2O2/c1-16-10-6-15-12(17-10)8-5-14-9-4-2-3-7(9)11(8)13/h2-3,5-6,12,15H,4H2,1H3. The molecule has 0 bridgehead atoms. The Morgan fingerprint density at radius 3 is 3.24 bits per heavy atom. The number of ether oxygens (including phenoxy) is 2. The van der Waals surface area contributed by atoms with Gasteiger partial charge in [0.25, 0.3) is 5.95 Å². The Morgan fingerprint density at radius 1 is 1.59 bits per heavy atom. The number of hydrogen-bond donors (Lipinski definition) is 1. The van der Waals surface area contributed by atoms with Crippen LogP contribution < -0.4 is 5.32 Å². The molecule has 2 aliphatic rings. The molecule has 17 heavy (non-hydrogen) atoms. The molecule has 0 radical (unpaired) electrons. The average Bonchev–Trinajstić information content (AvgIpc) is 2.97. The first kappa shape index (κ1) is 10.5. The first-order valence-electron chi connectivity index (χ1n) is 5.30. The Labute approximate surface area is 104 Å². The quantitative estimate of drug-likeness (QED) is 0.875. The van der Waals surface area contributed by atoms with E-state index in [0.717, 1.165) is 23.2 Å². The van der Waals surface area contributed by atoms with Gasteiger partial charge in [-0.25, -0.2) is 0 Å². The Bertz CT molecular complexity index is 525. The van der Waals surface area contributed by atoms with Crippen LogP contribution in [0.1, 0.15) is 23.0 Å². The second-order valence-corrected chi connectivity index (χ2v) is 4.20. The third-order valence-electron chi connectivity index (χ3n) is 2.83. The van der Waals surface area contributed by atoms with Gasteiger partial charge in [-0.3, -0.25) is 4.98 Å². The molecule has 1 aromatic rings. The molecule has 0 spiro atoms. The fraction of sp³-hybridized carbons (Fsp3) is 0.250. The fourth-order valence-electron chi connectivity index (χ4n) is 1.95. The summed E-state index contributed by atoms with van der Waals surface area (Å²) in [4.78, 5) is 4.38. The Morgan fingerprint density at radius 2 is 2.47 bits per heavy atom. The summed E-state index contributed by atoms with van der Waals surface area (Å²) in [6.45, 7) is 0. The van der Waals surface area contributed by atoms with E-state index < -0.39 is 0 Å². The number of rotatable bonds is 2. The topological polar surface area (TPSA) is 43.4 Å². The molecule has 1 aliphatic heterocycles. The molecule has 0 aromatic carbocycles. The van der Waals surface area contributed by atoms with E-state index in [1.165, 1.54) is 0 Å². The summed E-state index contributed by atoms with van der Waals surface area (Å²) >= 11 is 6.35. The van der Waals surface area contributed by atoms with E-state index in [0.29, 0.717) is 11.0 Å². The van der Waals surface area contributed by atoms with E-state index in [9.17, 15) is 0 Å². The van der Waals surface area contributed by atoms with Crippen LogP contribution in [-0.4, -0.2) is 12.1 Å². The van der Waals surface area contributed by atoms with Gasteiger partial charge in [-0.15, -0.1) is 0 Å². The molecule has 1 unspecified atom stereocenters. The van der Waals surface area contributed by atoms with Crippen molar-refractivity contribution in [3.05, 3.63) is 46.3 Å². The number of halogens is 1.